The third-order valence-electron chi connectivity index (χ3n) is 4.35. The highest BCUT2D eigenvalue weighted by molar-refractivity contribution is 5.45. The number of hydrogen-bond donors (Lipinski definition) is 1. The molecular formula is C17H28N2. The molecule has 0 spiro atoms. The predicted molar refractivity (Wildman–Crippen MR) is 83.7 cm³/mol. The molecular weight excluding hydrogens is 232 g/mol. The van der Waals surface area contributed by atoms with Crippen LogP contribution in [0.5, 0.6) is 0 Å². The Morgan fingerprint density at radius 2 is 2.00 bits per heavy atom. The Balaban J connectivity index is 1.67. The molecule has 0 bridgehead atoms. The molecule has 1 heterocycles. The first-order valence-corrected chi connectivity index (χ1v) is 7.68. The van der Waals surface area contributed by atoms with Gasteiger partial charge in [0.25, 0.3) is 0 Å². The molecule has 0 atom stereocenters. The normalized spacial score (nSPS) is 17.9. The summed E-state index contributed by atoms with van der Waals surface area (Å²) in [5, 5.41) is 3.53. The van der Waals surface area contributed by atoms with E-state index in [-0.39, 0.29) is 0 Å². The number of benzene rings is 1. The van der Waals surface area contributed by atoms with Gasteiger partial charge < -0.3 is 10.2 Å². The quantitative estimate of drug-likeness (QED) is 0.867. The van der Waals surface area contributed by atoms with Gasteiger partial charge in [-0.15, -0.1) is 0 Å². The lowest BCUT2D eigenvalue weighted by Gasteiger charge is -2.33. The molecule has 0 radical (unpaired) electrons. The number of hydrogen-bond acceptors (Lipinski definition) is 2. The molecule has 0 aromatic heterocycles. The van der Waals surface area contributed by atoms with E-state index < -0.39 is 0 Å². The number of rotatable bonds is 5. The SMILES string of the molecule is Cc1cccc(NCCN2CCC(C(C)C)CC2)c1. The molecule has 0 saturated carbocycles. The first-order chi connectivity index (χ1) is 9.15. The zero-order chi connectivity index (χ0) is 13.7. The Kier molecular flexibility index (Phi) is 5.26. The van der Waals surface area contributed by atoms with E-state index in [2.05, 4.69) is 55.3 Å². The molecule has 1 N–H and O–H groups in total. The number of aryl methyl sites for hydroxylation is 1. The van der Waals surface area contributed by atoms with E-state index in [1.807, 2.05) is 0 Å². The minimum absolute atomic E-state index is 0.854. The van der Waals surface area contributed by atoms with Crippen LogP contribution in [0.2, 0.25) is 0 Å². The maximum absolute atomic E-state index is 3.53. The summed E-state index contributed by atoms with van der Waals surface area (Å²) in [4.78, 5) is 2.60. The van der Waals surface area contributed by atoms with Crippen molar-refractivity contribution in [2.75, 3.05) is 31.5 Å². The van der Waals surface area contributed by atoms with Gasteiger partial charge in [-0.1, -0.05) is 26.0 Å². The van der Waals surface area contributed by atoms with Gasteiger partial charge in [-0.2, -0.15) is 0 Å². The largest absolute Gasteiger partial charge is 0.384 e. The molecule has 2 heteroatoms. The van der Waals surface area contributed by atoms with Crippen LogP contribution in [-0.2, 0) is 0 Å². The van der Waals surface area contributed by atoms with E-state index in [1.165, 1.54) is 43.7 Å². The van der Waals surface area contributed by atoms with Crippen LogP contribution < -0.4 is 5.32 Å². The fourth-order valence-electron chi connectivity index (χ4n) is 2.96. The second-order valence-electron chi connectivity index (χ2n) is 6.22. The van der Waals surface area contributed by atoms with Crippen molar-refractivity contribution in [2.45, 2.75) is 33.6 Å². The molecule has 1 aromatic carbocycles. The van der Waals surface area contributed by atoms with Crippen LogP contribution in [0.1, 0.15) is 32.3 Å². The minimum Gasteiger partial charge on any atom is -0.384 e. The van der Waals surface area contributed by atoms with Crippen molar-refractivity contribution >= 4 is 5.69 Å². The summed E-state index contributed by atoms with van der Waals surface area (Å²) in [6.07, 6.45) is 2.75. The summed E-state index contributed by atoms with van der Waals surface area (Å²) in [6.45, 7) is 11.6. The topological polar surface area (TPSA) is 15.3 Å². The maximum atomic E-state index is 3.53. The Morgan fingerprint density at radius 3 is 2.63 bits per heavy atom. The molecule has 1 aromatic rings. The van der Waals surface area contributed by atoms with Crippen molar-refractivity contribution in [1.29, 1.82) is 0 Å². The van der Waals surface area contributed by atoms with Crippen LogP contribution in [0.15, 0.2) is 24.3 Å². The molecule has 1 fully saturated rings. The van der Waals surface area contributed by atoms with Crippen LogP contribution >= 0.6 is 0 Å². The fourth-order valence-corrected chi connectivity index (χ4v) is 2.96. The van der Waals surface area contributed by atoms with Gasteiger partial charge >= 0.3 is 0 Å². The number of anilines is 1. The molecule has 0 aliphatic carbocycles. The molecule has 19 heavy (non-hydrogen) atoms. The Bertz CT molecular complexity index is 379. The first kappa shape index (κ1) is 14.4. The van der Waals surface area contributed by atoms with E-state index in [9.17, 15) is 0 Å². The summed E-state index contributed by atoms with van der Waals surface area (Å²) in [6, 6.07) is 8.62. The van der Waals surface area contributed by atoms with Crippen molar-refractivity contribution in [2.24, 2.45) is 11.8 Å². The van der Waals surface area contributed by atoms with E-state index in [4.69, 9.17) is 0 Å². The summed E-state index contributed by atoms with van der Waals surface area (Å²) >= 11 is 0. The average Bonchev–Trinajstić information content (AvgIpc) is 2.39. The average molecular weight is 260 g/mol. The number of nitrogens with zero attached hydrogens (tertiary/aromatic N) is 1. The van der Waals surface area contributed by atoms with Gasteiger partial charge in [-0.25, -0.2) is 0 Å². The van der Waals surface area contributed by atoms with Crippen molar-refractivity contribution in [3.05, 3.63) is 29.8 Å². The zero-order valence-corrected chi connectivity index (χ0v) is 12.7. The van der Waals surface area contributed by atoms with E-state index in [0.29, 0.717) is 0 Å². The zero-order valence-electron chi connectivity index (χ0n) is 12.7. The Hall–Kier alpha value is -1.02. The summed E-state index contributed by atoms with van der Waals surface area (Å²) in [7, 11) is 0. The van der Waals surface area contributed by atoms with Crippen molar-refractivity contribution < 1.29 is 0 Å². The fraction of sp³-hybridized carbons (Fsp3) is 0.647. The van der Waals surface area contributed by atoms with Crippen LogP contribution in [0.25, 0.3) is 0 Å². The minimum atomic E-state index is 0.854. The van der Waals surface area contributed by atoms with Crippen LogP contribution in [0, 0.1) is 18.8 Å². The van der Waals surface area contributed by atoms with Crippen LogP contribution in [0.3, 0.4) is 0 Å². The Morgan fingerprint density at radius 1 is 1.26 bits per heavy atom. The van der Waals surface area contributed by atoms with Gasteiger partial charge in [0.05, 0.1) is 0 Å². The second kappa shape index (κ2) is 6.95. The van der Waals surface area contributed by atoms with Gasteiger partial charge in [-0.05, 0) is 62.4 Å². The van der Waals surface area contributed by atoms with Gasteiger partial charge in [0.15, 0.2) is 0 Å². The highest BCUT2D eigenvalue weighted by atomic mass is 15.1. The summed E-state index contributed by atoms with van der Waals surface area (Å²) < 4.78 is 0. The van der Waals surface area contributed by atoms with Gasteiger partial charge in [0, 0.05) is 18.8 Å². The molecule has 0 unspecified atom stereocenters. The number of piperidine rings is 1. The highest BCUT2D eigenvalue weighted by Crippen LogP contribution is 2.24. The first-order valence-electron chi connectivity index (χ1n) is 7.68. The Labute approximate surface area is 118 Å². The van der Waals surface area contributed by atoms with Crippen molar-refractivity contribution in [1.82, 2.24) is 4.90 Å². The monoisotopic (exact) mass is 260 g/mol. The molecule has 1 saturated heterocycles. The number of nitrogens with one attached hydrogen (secondary N) is 1. The molecule has 2 nitrogen and oxygen atoms in total. The standard InChI is InChI=1S/C17H28N2/c1-14(2)16-7-10-19(11-8-16)12-9-18-17-6-4-5-15(3)13-17/h4-6,13-14,16,18H,7-12H2,1-3H3. The van der Waals surface area contributed by atoms with Crippen LogP contribution in [0.4, 0.5) is 5.69 Å². The maximum Gasteiger partial charge on any atom is 0.0343 e. The van der Waals surface area contributed by atoms with Crippen molar-refractivity contribution in [3.8, 4) is 0 Å². The molecule has 1 aliphatic rings. The number of likely N-dealkylation sites (tertiary alicyclic amines) is 1. The summed E-state index contributed by atoms with van der Waals surface area (Å²) in [5.74, 6) is 1.80. The highest BCUT2D eigenvalue weighted by Gasteiger charge is 2.20. The van der Waals surface area contributed by atoms with Gasteiger partial charge in [0.1, 0.15) is 0 Å². The predicted octanol–water partition coefficient (Wildman–Crippen LogP) is 3.77. The van der Waals surface area contributed by atoms with Crippen LogP contribution in [-0.4, -0.2) is 31.1 Å². The lowest BCUT2D eigenvalue weighted by molar-refractivity contribution is 0.162. The third kappa shape index (κ3) is 4.54. The molecule has 1 aliphatic heterocycles. The van der Waals surface area contributed by atoms with E-state index in [0.717, 1.165) is 18.4 Å². The third-order valence-corrected chi connectivity index (χ3v) is 4.35. The summed E-state index contributed by atoms with van der Waals surface area (Å²) in [5.41, 5.74) is 2.57. The van der Waals surface area contributed by atoms with E-state index in [1.54, 1.807) is 0 Å². The van der Waals surface area contributed by atoms with Gasteiger partial charge in [-0.3, -0.25) is 0 Å². The van der Waals surface area contributed by atoms with Crippen molar-refractivity contribution in [3.63, 3.8) is 0 Å². The second-order valence-corrected chi connectivity index (χ2v) is 6.22. The molecule has 0 amide bonds. The lowest BCUT2D eigenvalue weighted by atomic mass is 9.87. The van der Waals surface area contributed by atoms with E-state index >= 15 is 0 Å². The lowest BCUT2D eigenvalue weighted by Crippen LogP contribution is -2.37. The smallest absolute Gasteiger partial charge is 0.0343 e. The van der Waals surface area contributed by atoms with Gasteiger partial charge in [0.2, 0.25) is 0 Å². The molecule has 2 rings (SSSR count). The molecule has 106 valence electrons.